The molecular formula is C10H12ClN3. The van der Waals surface area contributed by atoms with Crippen LogP contribution >= 0.6 is 11.6 Å². The molecule has 0 saturated heterocycles. The highest BCUT2D eigenvalue weighted by molar-refractivity contribution is 6.31. The molecule has 0 fully saturated rings. The van der Waals surface area contributed by atoms with E-state index in [9.17, 15) is 0 Å². The maximum Gasteiger partial charge on any atom is 0.101 e. The van der Waals surface area contributed by atoms with Gasteiger partial charge in [-0.1, -0.05) is 25.4 Å². The third kappa shape index (κ3) is 2.22. The molecule has 0 unspecified atom stereocenters. The van der Waals surface area contributed by atoms with Crippen molar-refractivity contribution in [2.24, 2.45) is 11.7 Å². The minimum Gasteiger partial charge on any atom is -0.322 e. The Morgan fingerprint density at radius 1 is 1.57 bits per heavy atom. The summed E-state index contributed by atoms with van der Waals surface area (Å²) in [6.45, 7) is 4.00. The molecule has 1 aromatic rings. The first kappa shape index (κ1) is 11.0. The van der Waals surface area contributed by atoms with Crippen molar-refractivity contribution >= 4 is 11.6 Å². The number of halogens is 1. The maximum atomic E-state index is 8.62. The molecule has 2 N–H and O–H groups in total. The summed E-state index contributed by atoms with van der Waals surface area (Å²) in [4.78, 5) is 4.09. The third-order valence-corrected chi connectivity index (χ3v) is 2.34. The van der Waals surface area contributed by atoms with Gasteiger partial charge in [0.2, 0.25) is 0 Å². The van der Waals surface area contributed by atoms with Crippen LogP contribution in [0.2, 0.25) is 5.02 Å². The molecular weight excluding hydrogens is 198 g/mol. The van der Waals surface area contributed by atoms with Crippen LogP contribution < -0.4 is 5.73 Å². The van der Waals surface area contributed by atoms with Crippen molar-refractivity contribution in [1.29, 1.82) is 5.26 Å². The van der Waals surface area contributed by atoms with Crippen LogP contribution in [-0.4, -0.2) is 4.98 Å². The van der Waals surface area contributed by atoms with Crippen LogP contribution in [0, 0.1) is 17.2 Å². The number of rotatable bonds is 2. The Labute approximate surface area is 88.5 Å². The molecule has 14 heavy (non-hydrogen) atoms. The summed E-state index contributed by atoms with van der Waals surface area (Å²) in [5.41, 5.74) is 7.01. The van der Waals surface area contributed by atoms with E-state index in [1.54, 1.807) is 6.07 Å². The van der Waals surface area contributed by atoms with E-state index < -0.39 is 0 Å². The van der Waals surface area contributed by atoms with Gasteiger partial charge >= 0.3 is 0 Å². The van der Waals surface area contributed by atoms with Gasteiger partial charge in [0.05, 0.1) is 22.3 Å². The van der Waals surface area contributed by atoms with Gasteiger partial charge in [0.15, 0.2) is 0 Å². The van der Waals surface area contributed by atoms with Gasteiger partial charge in [-0.3, -0.25) is 4.98 Å². The van der Waals surface area contributed by atoms with E-state index in [1.807, 2.05) is 19.9 Å². The van der Waals surface area contributed by atoms with Crippen molar-refractivity contribution in [2.45, 2.75) is 19.9 Å². The third-order valence-electron chi connectivity index (χ3n) is 2.03. The molecule has 3 nitrogen and oxygen atoms in total. The van der Waals surface area contributed by atoms with E-state index in [-0.39, 0.29) is 12.0 Å². The van der Waals surface area contributed by atoms with Crippen LogP contribution in [0.4, 0.5) is 0 Å². The summed E-state index contributed by atoms with van der Waals surface area (Å²) in [5, 5.41) is 9.08. The molecule has 0 aliphatic heterocycles. The van der Waals surface area contributed by atoms with Crippen LogP contribution in [-0.2, 0) is 0 Å². The van der Waals surface area contributed by atoms with Gasteiger partial charge in [-0.05, 0) is 12.0 Å². The second-order valence-corrected chi connectivity index (χ2v) is 3.88. The highest BCUT2D eigenvalue weighted by Gasteiger charge is 2.15. The van der Waals surface area contributed by atoms with Crippen LogP contribution in [0.3, 0.4) is 0 Å². The topological polar surface area (TPSA) is 62.7 Å². The summed E-state index contributed by atoms with van der Waals surface area (Å²) < 4.78 is 0. The van der Waals surface area contributed by atoms with Crippen molar-refractivity contribution in [1.82, 2.24) is 4.98 Å². The molecule has 74 valence electrons. The molecule has 0 aromatic carbocycles. The quantitative estimate of drug-likeness (QED) is 0.813. The first-order valence-corrected chi connectivity index (χ1v) is 4.75. The lowest BCUT2D eigenvalue weighted by Gasteiger charge is -2.15. The van der Waals surface area contributed by atoms with Gasteiger partial charge in [0.25, 0.3) is 0 Å². The van der Waals surface area contributed by atoms with Crippen LogP contribution in [0.1, 0.15) is 31.1 Å². The van der Waals surface area contributed by atoms with Gasteiger partial charge < -0.3 is 5.73 Å². The predicted molar refractivity (Wildman–Crippen MR) is 55.7 cm³/mol. The lowest BCUT2D eigenvalue weighted by Crippen LogP contribution is -2.18. The number of nitriles is 1. The minimum atomic E-state index is -0.185. The standard InChI is InChI=1S/C10H12ClN3/c1-6(2)9(13)10-8(11)3-7(4-12)5-14-10/h3,5-6,9H,13H2,1-2H3/t9-/m0/s1. The first-order chi connectivity index (χ1) is 6.56. The molecule has 4 heteroatoms. The largest absolute Gasteiger partial charge is 0.322 e. The fourth-order valence-electron chi connectivity index (χ4n) is 1.07. The van der Waals surface area contributed by atoms with Crippen molar-refractivity contribution in [2.75, 3.05) is 0 Å². The number of aromatic nitrogens is 1. The second-order valence-electron chi connectivity index (χ2n) is 3.47. The van der Waals surface area contributed by atoms with E-state index in [4.69, 9.17) is 22.6 Å². The minimum absolute atomic E-state index is 0.185. The van der Waals surface area contributed by atoms with Crippen molar-refractivity contribution < 1.29 is 0 Å². The van der Waals surface area contributed by atoms with Crippen LogP contribution in [0.15, 0.2) is 12.3 Å². The molecule has 0 spiro atoms. The number of hydrogen-bond donors (Lipinski definition) is 1. The molecule has 0 aliphatic carbocycles. The fraction of sp³-hybridized carbons (Fsp3) is 0.400. The van der Waals surface area contributed by atoms with E-state index in [0.29, 0.717) is 16.3 Å². The molecule has 0 saturated carbocycles. The first-order valence-electron chi connectivity index (χ1n) is 4.37. The van der Waals surface area contributed by atoms with E-state index in [2.05, 4.69) is 4.98 Å². The molecule has 0 amide bonds. The monoisotopic (exact) mass is 209 g/mol. The number of nitrogens with two attached hydrogens (primary N) is 1. The molecule has 1 heterocycles. The van der Waals surface area contributed by atoms with Gasteiger partial charge in [-0.2, -0.15) is 5.26 Å². The predicted octanol–water partition coefficient (Wildman–Crippen LogP) is 2.26. The van der Waals surface area contributed by atoms with Crippen molar-refractivity contribution in [3.05, 3.63) is 28.5 Å². The summed E-state index contributed by atoms with van der Waals surface area (Å²) in [5.74, 6) is 0.271. The van der Waals surface area contributed by atoms with Gasteiger partial charge in [-0.25, -0.2) is 0 Å². The molecule has 1 atom stereocenters. The molecule has 0 bridgehead atoms. The lowest BCUT2D eigenvalue weighted by molar-refractivity contribution is 0.503. The zero-order valence-corrected chi connectivity index (χ0v) is 8.92. The fourth-order valence-corrected chi connectivity index (χ4v) is 1.36. The van der Waals surface area contributed by atoms with Gasteiger partial charge in [0.1, 0.15) is 6.07 Å². The Hall–Kier alpha value is -1.11. The zero-order chi connectivity index (χ0) is 10.7. The van der Waals surface area contributed by atoms with Gasteiger partial charge in [0, 0.05) is 6.20 Å². The average Bonchev–Trinajstić information content (AvgIpc) is 2.16. The summed E-state index contributed by atoms with van der Waals surface area (Å²) in [6.07, 6.45) is 1.49. The Morgan fingerprint density at radius 2 is 2.21 bits per heavy atom. The highest BCUT2D eigenvalue weighted by Crippen LogP contribution is 2.24. The second kappa shape index (κ2) is 4.41. The number of hydrogen-bond acceptors (Lipinski definition) is 3. The summed E-state index contributed by atoms with van der Waals surface area (Å²) in [7, 11) is 0. The van der Waals surface area contributed by atoms with E-state index >= 15 is 0 Å². The van der Waals surface area contributed by atoms with Crippen molar-refractivity contribution in [3.8, 4) is 6.07 Å². The Bertz CT molecular complexity index is 368. The van der Waals surface area contributed by atoms with Crippen LogP contribution in [0.25, 0.3) is 0 Å². The molecule has 1 aromatic heterocycles. The average molecular weight is 210 g/mol. The highest BCUT2D eigenvalue weighted by atomic mass is 35.5. The number of pyridine rings is 1. The molecule has 1 rings (SSSR count). The lowest BCUT2D eigenvalue weighted by atomic mass is 10.0. The Balaban J connectivity index is 3.07. The van der Waals surface area contributed by atoms with E-state index in [0.717, 1.165) is 0 Å². The smallest absolute Gasteiger partial charge is 0.101 e. The molecule has 0 aliphatic rings. The normalized spacial score (nSPS) is 12.6. The Morgan fingerprint density at radius 3 is 2.64 bits per heavy atom. The van der Waals surface area contributed by atoms with E-state index in [1.165, 1.54) is 6.20 Å². The zero-order valence-electron chi connectivity index (χ0n) is 8.16. The van der Waals surface area contributed by atoms with Crippen molar-refractivity contribution in [3.63, 3.8) is 0 Å². The Kier molecular flexibility index (Phi) is 3.45. The van der Waals surface area contributed by atoms with Crippen LogP contribution in [0.5, 0.6) is 0 Å². The number of nitrogens with zero attached hydrogens (tertiary/aromatic N) is 2. The maximum absolute atomic E-state index is 8.62. The summed E-state index contributed by atoms with van der Waals surface area (Å²) >= 11 is 5.95. The summed E-state index contributed by atoms with van der Waals surface area (Å²) in [6, 6.07) is 3.38. The van der Waals surface area contributed by atoms with Gasteiger partial charge in [-0.15, -0.1) is 0 Å². The SMILES string of the molecule is CC(C)[C@H](N)c1ncc(C#N)cc1Cl. The molecule has 0 radical (unpaired) electrons.